The van der Waals surface area contributed by atoms with Gasteiger partial charge in [0.2, 0.25) is 0 Å². The van der Waals surface area contributed by atoms with E-state index in [4.69, 9.17) is 16.7 Å². The number of aliphatic hydroxyl groups excluding tert-OH is 1. The molecular formula is C8H8ClNO3. The molecule has 0 unspecified atom stereocenters. The molecule has 0 radical (unpaired) electrons. The smallest absolute Gasteiger partial charge is 0.288 e. The van der Waals surface area contributed by atoms with E-state index in [0.717, 1.165) is 0 Å². The maximum atomic E-state index is 10.5. The second-order valence-electron chi connectivity index (χ2n) is 2.67. The highest BCUT2D eigenvalue weighted by Gasteiger charge is 2.15. The molecule has 13 heavy (non-hydrogen) atoms. The van der Waals surface area contributed by atoms with Gasteiger partial charge in [-0.1, -0.05) is 17.7 Å². The Kier molecular flexibility index (Phi) is 2.85. The molecule has 0 saturated carbocycles. The van der Waals surface area contributed by atoms with Gasteiger partial charge in [0, 0.05) is 11.6 Å². The van der Waals surface area contributed by atoms with Crippen LogP contribution in [-0.2, 0) is 6.61 Å². The highest BCUT2D eigenvalue weighted by molar-refractivity contribution is 6.33. The number of rotatable bonds is 2. The first-order valence-corrected chi connectivity index (χ1v) is 3.98. The fourth-order valence-electron chi connectivity index (χ4n) is 1.07. The summed E-state index contributed by atoms with van der Waals surface area (Å²) in [6, 6.07) is 3.00. The van der Waals surface area contributed by atoms with E-state index in [2.05, 4.69) is 0 Å². The van der Waals surface area contributed by atoms with Crippen molar-refractivity contribution in [1.29, 1.82) is 0 Å². The Labute approximate surface area is 79.9 Å². The van der Waals surface area contributed by atoms with Gasteiger partial charge in [-0.2, -0.15) is 0 Å². The summed E-state index contributed by atoms with van der Waals surface area (Å²) in [6.07, 6.45) is 0. The lowest BCUT2D eigenvalue weighted by Crippen LogP contribution is -1.94. The molecule has 0 aromatic heterocycles. The van der Waals surface area contributed by atoms with Gasteiger partial charge in [-0.25, -0.2) is 0 Å². The predicted octanol–water partition coefficient (Wildman–Crippen LogP) is 2.05. The minimum atomic E-state index is -0.561. The fraction of sp³-hybridized carbons (Fsp3) is 0.250. The van der Waals surface area contributed by atoms with Crippen LogP contribution in [0.2, 0.25) is 5.02 Å². The van der Waals surface area contributed by atoms with Crippen LogP contribution < -0.4 is 0 Å². The predicted molar refractivity (Wildman–Crippen MR) is 48.8 cm³/mol. The summed E-state index contributed by atoms with van der Waals surface area (Å²) in [5, 5.41) is 19.3. The molecule has 1 aromatic carbocycles. The monoisotopic (exact) mass is 201 g/mol. The minimum absolute atomic E-state index is 0.0121. The van der Waals surface area contributed by atoms with E-state index in [-0.39, 0.29) is 17.3 Å². The highest BCUT2D eigenvalue weighted by atomic mass is 35.5. The van der Waals surface area contributed by atoms with Crippen LogP contribution in [0.25, 0.3) is 0 Å². The normalized spacial score (nSPS) is 10.1. The van der Waals surface area contributed by atoms with E-state index < -0.39 is 4.92 Å². The summed E-state index contributed by atoms with van der Waals surface area (Å²) < 4.78 is 0. The number of halogens is 1. The van der Waals surface area contributed by atoms with Crippen LogP contribution in [0.15, 0.2) is 12.1 Å². The van der Waals surface area contributed by atoms with Crippen molar-refractivity contribution >= 4 is 17.3 Å². The number of nitro groups is 1. The van der Waals surface area contributed by atoms with Crippen molar-refractivity contribution in [2.75, 3.05) is 0 Å². The molecule has 0 aliphatic carbocycles. The van der Waals surface area contributed by atoms with Gasteiger partial charge in [-0.05, 0) is 12.5 Å². The average molecular weight is 202 g/mol. The van der Waals surface area contributed by atoms with Crippen LogP contribution in [-0.4, -0.2) is 10.0 Å². The lowest BCUT2D eigenvalue weighted by atomic mass is 10.1. The van der Waals surface area contributed by atoms with Gasteiger partial charge >= 0.3 is 0 Å². The third-order valence-corrected chi connectivity index (χ3v) is 2.08. The van der Waals surface area contributed by atoms with Crippen LogP contribution >= 0.6 is 11.6 Å². The van der Waals surface area contributed by atoms with E-state index in [1.165, 1.54) is 6.07 Å². The second kappa shape index (κ2) is 3.72. The number of hydrogen-bond acceptors (Lipinski definition) is 3. The molecule has 0 fully saturated rings. The standard InChI is InChI=1S/C8H8ClNO3/c1-5-2-6(4-11)8(9)7(3-5)10(12)13/h2-3,11H,4H2,1H3. The first-order valence-electron chi connectivity index (χ1n) is 3.60. The Morgan fingerprint density at radius 1 is 1.62 bits per heavy atom. The summed E-state index contributed by atoms with van der Waals surface area (Å²) in [6.45, 7) is 1.42. The number of nitrogens with zero attached hydrogens (tertiary/aromatic N) is 1. The zero-order valence-electron chi connectivity index (χ0n) is 6.95. The summed E-state index contributed by atoms with van der Waals surface area (Å²) in [4.78, 5) is 9.92. The van der Waals surface area contributed by atoms with Gasteiger partial charge < -0.3 is 5.11 Å². The Hall–Kier alpha value is -1.13. The molecular weight excluding hydrogens is 194 g/mol. The first-order chi connectivity index (χ1) is 6.06. The summed E-state index contributed by atoms with van der Waals surface area (Å²) in [5.41, 5.74) is 0.930. The molecule has 0 aliphatic heterocycles. The van der Waals surface area contributed by atoms with Crippen LogP contribution in [0.3, 0.4) is 0 Å². The topological polar surface area (TPSA) is 63.4 Å². The Balaban J connectivity index is 3.35. The lowest BCUT2D eigenvalue weighted by Gasteiger charge is -2.02. The summed E-state index contributed by atoms with van der Waals surface area (Å²) in [7, 11) is 0. The third-order valence-electron chi connectivity index (χ3n) is 1.64. The van der Waals surface area contributed by atoms with Gasteiger partial charge in [-0.3, -0.25) is 10.1 Å². The van der Waals surface area contributed by atoms with Crippen molar-refractivity contribution < 1.29 is 10.0 Å². The van der Waals surface area contributed by atoms with Gasteiger partial charge in [0.05, 0.1) is 11.5 Å². The van der Waals surface area contributed by atoms with E-state index in [1.54, 1.807) is 13.0 Å². The number of nitro benzene ring substituents is 1. The van der Waals surface area contributed by atoms with Gasteiger partial charge in [0.25, 0.3) is 5.69 Å². The molecule has 0 atom stereocenters. The van der Waals surface area contributed by atoms with E-state index in [0.29, 0.717) is 11.1 Å². The quantitative estimate of drug-likeness (QED) is 0.588. The van der Waals surface area contributed by atoms with Gasteiger partial charge in [0.15, 0.2) is 0 Å². The maximum Gasteiger partial charge on any atom is 0.288 e. The minimum Gasteiger partial charge on any atom is -0.392 e. The van der Waals surface area contributed by atoms with Gasteiger partial charge in [-0.15, -0.1) is 0 Å². The molecule has 0 saturated heterocycles. The Morgan fingerprint density at radius 3 is 2.69 bits per heavy atom. The summed E-state index contributed by atoms with van der Waals surface area (Å²) in [5.74, 6) is 0. The van der Waals surface area contributed by atoms with Crippen LogP contribution in [0, 0.1) is 17.0 Å². The third kappa shape index (κ3) is 1.96. The Bertz CT molecular complexity index is 351. The van der Waals surface area contributed by atoms with Gasteiger partial charge in [0.1, 0.15) is 5.02 Å². The van der Waals surface area contributed by atoms with Crippen LogP contribution in [0.5, 0.6) is 0 Å². The van der Waals surface area contributed by atoms with Crippen molar-refractivity contribution in [3.05, 3.63) is 38.4 Å². The van der Waals surface area contributed by atoms with Crippen LogP contribution in [0.4, 0.5) is 5.69 Å². The van der Waals surface area contributed by atoms with Crippen molar-refractivity contribution in [2.24, 2.45) is 0 Å². The van der Waals surface area contributed by atoms with E-state index >= 15 is 0 Å². The van der Waals surface area contributed by atoms with E-state index in [1.807, 2.05) is 0 Å². The molecule has 0 aliphatic rings. The molecule has 0 bridgehead atoms. The lowest BCUT2D eigenvalue weighted by molar-refractivity contribution is -0.384. The molecule has 5 heteroatoms. The van der Waals surface area contributed by atoms with Crippen molar-refractivity contribution in [3.63, 3.8) is 0 Å². The van der Waals surface area contributed by atoms with Crippen molar-refractivity contribution in [1.82, 2.24) is 0 Å². The molecule has 0 heterocycles. The zero-order chi connectivity index (χ0) is 10.0. The number of aliphatic hydroxyl groups is 1. The average Bonchev–Trinajstić information content (AvgIpc) is 2.08. The van der Waals surface area contributed by atoms with E-state index in [9.17, 15) is 10.1 Å². The SMILES string of the molecule is Cc1cc(CO)c(Cl)c([N+](=O)[O-])c1. The highest BCUT2D eigenvalue weighted by Crippen LogP contribution is 2.29. The molecule has 0 amide bonds. The fourth-order valence-corrected chi connectivity index (χ4v) is 1.31. The zero-order valence-corrected chi connectivity index (χ0v) is 7.71. The molecule has 0 spiro atoms. The molecule has 70 valence electrons. The molecule has 1 N–H and O–H groups in total. The molecule has 1 rings (SSSR count). The molecule has 1 aromatic rings. The Morgan fingerprint density at radius 2 is 2.23 bits per heavy atom. The first kappa shape index (κ1) is 9.95. The molecule has 4 nitrogen and oxygen atoms in total. The second-order valence-corrected chi connectivity index (χ2v) is 3.05. The maximum absolute atomic E-state index is 10.5. The van der Waals surface area contributed by atoms with Crippen molar-refractivity contribution in [2.45, 2.75) is 13.5 Å². The van der Waals surface area contributed by atoms with Crippen molar-refractivity contribution in [3.8, 4) is 0 Å². The number of aryl methyl sites for hydroxylation is 1. The van der Waals surface area contributed by atoms with Crippen LogP contribution in [0.1, 0.15) is 11.1 Å². The number of hydrogen-bond donors (Lipinski definition) is 1. The largest absolute Gasteiger partial charge is 0.392 e. The number of benzene rings is 1. The summed E-state index contributed by atoms with van der Waals surface area (Å²) >= 11 is 5.67.